The monoisotopic (exact) mass is 232 g/mol. The van der Waals surface area contributed by atoms with Crippen molar-refractivity contribution in [2.75, 3.05) is 0 Å². The van der Waals surface area contributed by atoms with Gasteiger partial charge in [-0.05, 0) is 18.1 Å². The van der Waals surface area contributed by atoms with E-state index in [1.165, 1.54) is 5.56 Å². The molecule has 3 nitrogen and oxygen atoms in total. The number of aromatic nitrogens is 2. The fourth-order valence-electron chi connectivity index (χ4n) is 1.52. The van der Waals surface area contributed by atoms with Crippen LogP contribution in [0, 0.1) is 6.92 Å². The van der Waals surface area contributed by atoms with Gasteiger partial charge in [-0.2, -0.15) is 0 Å². The van der Waals surface area contributed by atoms with Gasteiger partial charge in [-0.25, -0.2) is 4.98 Å². The molecule has 2 rings (SSSR count). The van der Waals surface area contributed by atoms with Crippen LogP contribution in [0.3, 0.4) is 0 Å². The van der Waals surface area contributed by atoms with Crippen LogP contribution < -0.4 is 0 Å². The predicted octanol–water partition coefficient (Wildman–Crippen LogP) is 2.76. The van der Waals surface area contributed by atoms with Crippen molar-refractivity contribution >= 4 is 0 Å². The predicted molar refractivity (Wildman–Crippen MR) is 69.8 cm³/mol. The van der Waals surface area contributed by atoms with E-state index in [-0.39, 0.29) is 6.61 Å². The summed E-state index contributed by atoms with van der Waals surface area (Å²) >= 11 is 0. The van der Waals surface area contributed by atoms with E-state index < -0.39 is 0 Å². The van der Waals surface area contributed by atoms with Crippen molar-refractivity contribution in [3.05, 3.63) is 53.6 Å². The highest BCUT2D eigenvalue weighted by Crippen LogP contribution is 2.07. The SMILES string of the molecule is CC.Cc1nccn1Cc1ccc(CO)cc1. The minimum Gasteiger partial charge on any atom is -0.392 e. The normalized spacial score (nSPS) is 9.65. The molecule has 1 heterocycles. The lowest BCUT2D eigenvalue weighted by atomic mass is 10.1. The lowest BCUT2D eigenvalue weighted by Crippen LogP contribution is -2.00. The van der Waals surface area contributed by atoms with Gasteiger partial charge in [-0.1, -0.05) is 38.1 Å². The van der Waals surface area contributed by atoms with E-state index in [4.69, 9.17) is 5.11 Å². The van der Waals surface area contributed by atoms with Crippen molar-refractivity contribution in [1.29, 1.82) is 0 Å². The summed E-state index contributed by atoms with van der Waals surface area (Å²) in [5.74, 6) is 1.02. The standard InChI is InChI=1S/C12H14N2O.C2H6/c1-10-13-6-7-14(10)8-11-2-4-12(9-15)5-3-11;1-2/h2-7,15H,8-9H2,1H3;1-2H3. The van der Waals surface area contributed by atoms with Crippen LogP contribution in [0.4, 0.5) is 0 Å². The molecule has 0 atom stereocenters. The van der Waals surface area contributed by atoms with Crippen molar-refractivity contribution < 1.29 is 5.11 Å². The summed E-state index contributed by atoms with van der Waals surface area (Å²) in [5.41, 5.74) is 2.16. The van der Waals surface area contributed by atoms with Crippen molar-refractivity contribution in [2.24, 2.45) is 0 Å². The third-order valence-electron chi connectivity index (χ3n) is 2.48. The Morgan fingerprint density at radius 1 is 1.12 bits per heavy atom. The van der Waals surface area contributed by atoms with Crippen LogP contribution in [-0.4, -0.2) is 14.7 Å². The average Bonchev–Trinajstić information content (AvgIpc) is 2.79. The van der Waals surface area contributed by atoms with E-state index in [9.17, 15) is 0 Å². The first-order valence-electron chi connectivity index (χ1n) is 5.96. The maximum Gasteiger partial charge on any atom is 0.105 e. The third kappa shape index (κ3) is 3.71. The van der Waals surface area contributed by atoms with Gasteiger partial charge in [0.1, 0.15) is 5.82 Å². The topological polar surface area (TPSA) is 38.0 Å². The first kappa shape index (κ1) is 13.5. The van der Waals surface area contributed by atoms with Crippen molar-refractivity contribution in [2.45, 2.75) is 33.9 Å². The summed E-state index contributed by atoms with van der Waals surface area (Å²) in [7, 11) is 0. The van der Waals surface area contributed by atoms with Gasteiger partial charge in [0, 0.05) is 18.9 Å². The molecule has 92 valence electrons. The van der Waals surface area contributed by atoms with Crippen LogP contribution >= 0.6 is 0 Å². The minimum atomic E-state index is 0.102. The zero-order valence-electron chi connectivity index (χ0n) is 10.7. The Morgan fingerprint density at radius 2 is 1.71 bits per heavy atom. The highest BCUT2D eigenvalue weighted by atomic mass is 16.3. The summed E-state index contributed by atoms with van der Waals surface area (Å²) in [6.07, 6.45) is 3.77. The molecular weight excluding hydrogens is 212 g/mol. The Bertz CT molecular complexity index is 432. The summed E-state index contributed by atoms with van der Waals surface area (Å²) in [6, 6.07) is 7.96. The molecule has 0 amide bonds. The Hall–Kier alpha value is -1.61. The number of nitrogens with zero attached hydrogens (tertiary/aromatic N) is 2. The molecule has 0 saturated carbocycles. The van der Waals surface area contributed by atoms with E-state index >= 15 is 0 Å². The van der Waals surface area contributed by atoms with Gasteiger partial charge in [-0.3, -0.25) is 0 Å². The van der Waals surface area contributed by atoms with Gasteiger partial charge in [0.2, 0.25) is 0 Å². The van der Waals surface area contributed by atoms with Crippen LogP contribution in [0.5, 0.6) is 0 Å². The second kappa shape index (κ2) is 6.86. The smallest absolute Gasteiger partial charge is 0.105 e. The van der Waals surface area contributed by atoms with Crippen LogP contribution in [0.25, 0.3) is 0 Å². The van der Waals surface area contributed by atoms with E-state index in [1.54, 1.807) is 6.20 Å². The van der Waals surface area contributed by atoms with E-state index in [1.807, 2.05) is 51.2 Å². The molecular formula is C14H20N2O. The van der Waals surface area contributed by atoms with Crippen LogP contribution in [0.1, 0.15) is 30.8 Å². The number of hydrogen-bond donors (Lipinski definition) is 1. The highest BCUT2D eigenvalue weighted by Gasteiger charge is 1.98. The molecule has 1 aromatic carbocycles. The van der Waals surface area contributed by atoms with Gasteiger partial charge >= 0.3 is 0 Å². The molecule has 1 aromatic heterocycles. The fraction of sp³-hybridized carbons (Fsp3) is 0.357. The largest absolute Gasteiger partial charge is 0.392 e. The Labute approximate surface area is 103 Å². The molecule has 0 saturated heterocycles. The van der Waals surface area contributed by atoms with Gasteiger partial charge in [-0.15, -0.1) is 0 Å². The summed E-state index contributed by atoms with van der Waals surface area (Å²) in [5, 5.41) is 8.91. The van der Waals surface area contributed by atoms with Crippen LogP contribution in [0.2, 0.25) is 0 Å². The molecule has 0 aliphatic carbocycles. The quantitative estimate of drug-likeness (QED) is 0.883. The van der Waals surface area contributed by atoms with Crippen molar-refractivity contribution in [3.63, 3.8) is 0 Å². The third-order valence-corrected chi connectivity index (χ3v) is 2.48. The first-order chi connectivity index (χ1) is 8.29. The maximum absolute atomic E-state index is 8.91. The molecule has 0 radical (unpaired) electrons. The average molecular weight is 232 g/mol. The molecule has 2 aromatic rings. The van der Waals surface area contributed by atoms with E-state index in [0.717, 1.165) is 17.9 Å². The summed E-state index contributed by atoms with van der Waals surface area (Å²) < 4.78 is 2.09. The lowest BCUT2D eigenvalue weighted by Gasteiger charge is -2.05. The van der Waals surface area contributed by atoms with Crippen LogP contribution in [0.15, 0.2) is 36.7 Å². The number of imidazole rings is 1. The van der Waals surface area contributed by atoms with Gasteiger partial charge in [0.25, 0.3) is 0 Å². The zero-order chi connectivity index (χ0) is 12.7. The second-order valence-corrected chi connectivity index (χ2v) is 3.58. The second-order valence-electron chi connectivity index (χ2n) is 3.58. The number of rotatable bonds is 3. The molecule has 0 aliphatic rings. The maximum atomic E-state index is 8.91. The number of aliphatic hydroxyl groups is 1. The Morgan fingerprint density at radius 3 is 2.18 bits per heavy atom. The fourth-order valence-corrected chi connectivity index (χ4v) is 1.52. The zero-order valence-corrected chi connectivity index (χ0v) is 10.7. The molecule has 1 N–H and O–H groups in total. The molecule has 3 heteroatoms. The summed E-state index contributed by atoms with van der Waals surface area (Å²) in [4.78, 5) is 4.17. The number of benzene rings is 1. The molecule has 0 fully saturated rings. The lowest BCUT2D eigenvalue weighted by molar-refractivity contribution is 0.282. The molecule has 0 bridgehead atoms. The van der Waals surface area contributed by atoms with Crippen molar-refractivity contribution in [3.8, 4) is 0 Å². The number of aryl methyl sites for hydroxylation is 1. The van der Waals surface area contributed by atoms with E-state index in [0.29, 0.717) is 0 Å². The van der Waals surface area contributed by atoms with Gasteiger partial charge in [0.05, 0.1) is 6.61 Å². The molecule has 17 heavy (non-hydrogen) atoms. The first-order valence-corrected chi connectivity index (χ1v) is 5.96. The van der Waals surface area contributed by atoms with Crippen molar-refractivity contribution in [1.82, 2.24) is 9.55 Å². The summed E-state index contributed by atoms with van der Waals surface area (Å²) in [6.45, 7) is 6.92. The van der Waals surface area contributed by atoms with Crippen LogP contribution in [-0.2, 0) is 13.2 Å². The van der Waals surface area contributed by atoms with Gasteiger partial charge < -0.3 is 9.67 Å². The minimum absolute atomic E-state index is 0.102. The Kier molecular flexibility index (Phi) is 5.43. The molecule has 0 spiro atoms. The highest BCUT2D eigenvalue weighted by molar-refractivity contribution is 5.22. The Balaban J connectivity index is 0.000000686. The molecule has 0 unspecified atom stereocenters. The van der Waals surface area contributed by atoms with Gasteiger partial charge in [0.15, 0.2) is 0 Å². The molecule has 0 aliphatic heterocycles. The number of hydrogen-bond acceptors (Lipinski definition) is 2. The number of aliphatic hydroxyl groups excluding tert-OH is 1. The van der Waals surface area contributed by atoms with E-state index in [2.05, 4.69) is 9.55 Å².